The van der Waals surface area contributed by atoms with Crippen molar-refractivity contribution in [3.05, 3.63) is 29.0 Å². The number of phenolic OH excluding ortho intramolecular Hbond substituents is 1. The monoisotopic (exact) mass is 233 g/mol. The molecule has 17 heavy (non-hydrogen) atoms. The average molecular weight is 233 g/mol. The van der Waals surface area contributed by atoms with Crippen LogP contribution in [0.15, 0.2) is 12.1 Å². The van der Waals surface area contributed by atoms with Crippen LogP contribution in [0.4, 0.5) is 0 Å². The molecular weight excluding hydrogens is 218 g/mol. The van der Waals surface area contributed by atoms with E-state index in [1.165, 1.54) is 0 Å². The molecule has 0 unspecified atom stereocenters. The molecule has 0 atom stereocenters. The number of rotatable bonds is 2. The standard InChI is InChI=1S/C13H15NO3/c1-4-17-13(16)12-8(3)14-10-5-7(2)11(15)6-9(10)12/h5-6,14-15H,4H2,1-3H3. The van der Waals surface area contributed by atoms with Gasteiger partial charge in [-0.1, -0.05) is 0 Å². The predicted octanol–water partition coefficient (Wildman–Crippen LogP) is 2.67. The number of fused-ring (bicyclic) bond motifs is 1. The van der Waals surface area contributed by atoms with Crippen LogP contribution in [-0.4, -0.2) is 22.7 Å². The fourth-order valence-electron chi connectivity index (χ4n) is 1.94. The predicted molar refractivity (Wildman–Crippen MR) is 65.4 cm³/mol. The van der Waals surface area contributed by atoms with Crippen molar-refractivity contribution in [2.75, 3.05) is 6.61 Å². The van der Waals surface area contributed by atoms with Crippen LogP contribution in [0.5, 0.6) is 5.75 Å². The summed E-state index contributed by atoms with van der Waals surface area (Å²) in [6, 6.07) is 3.42. The Morgan fingerprint density at radius 1 is 1.41 bits per heavy atom. The lowest BCUT2D eigenvalue weighted by Crippen LogP contribution is -2.05. The molecular formula is C13H15NO3. The summed E-state index contributed by atoms with van der Waals surface area (Å²) < 4.78 is 5.00. The van der Waals surface area contributed by atoms with Crippen LogP contribution in [0.3, 0.4) is 0 Å². The van der Waals surface area contributed by atoms with Gasteiger partial charge in [-0.25, -0.2) is 4.79 Å². The second kappa shape index (κ2) is 4.13. The lowest BCUT2D eigenvalue weighted by atomic mass is 10.1. The number of aromatic hydroxyl groups is 1. The fourth-order valence-corrected chi connectivity index (χ4v) is 1.94. The van der Waals surface area contributed by atoms with Gasteiger partial charge < -0.3 is 14.8 Å². The minimum Gasteiger partial charge on any atom is -0.508 e. The number of esters is 1. The van der Waals surface area contributed by atoms with Crippen molar-refractivity contribution in [2.45, 2.75) is 20.8 Å². The number of hydrogen-bond acceptors (Lipinski definition) is 3. The molecule has 4 heteroatoms. The van der Waals surface area contributed by atoms with Gasteiger partial charge >= 0.3 is 5.97 Å². The maximum absolute atomic E-state index is 11.8. The van der Waals surface area contributed by atoms with Crippen molar-refractivity contribution in [1.82, 2.24) is 4.98 Å². The molecule has 1 heterocycles. The number of H-pyrrole nitrogens is 1. The number of ether oxygens (including phenoxy) is 1. The van der Waals surface area contributed by atoms with Crippen LogP contribution in [0.25, 0.3) is 10.9 Å². The first-order valence-corrected chi connectivity index (χ1v) is 5.53. The summed E-state index contributed by atoms with van der Waals surface area (Å²) in [5.74, 6) is -0.179. The van der Waals surface area contributed by atoms with Crippen LogP contribution in [0.2, 0.25) is 0 Å². The first kappa shape index (κ1) is 11.5. The lowest BCUT2D eigenvalue weighted by molar-refractivity contribution is 0.0528. The van der Waals surface area contributed by atoms with Crippen LogP contribution in [0.1, 0.15) is 28.5 Å². The summed E-state index contributed by atoms with van der Waals surface area (Å²) in [4.78, 5) is 14.9. The van der Waals surface area contributed by atoms with E-state index in [1.807, 2.05) is 19.9 Å². The van der Waals surface area contributed by atoms with Gasteiger partial charge in [-0.2, -0.15) is 0 Å². The van der Waals surface area contributed by atoms with Crippen molar-refractivity contribution in [2.24, 2.45) is 0 Å². The third-order valence-electron chi connectivity index (χ3n) is 2.78. The van der Waals surface area contributed by atoms with E-state index in [2.05, 4.69) is 4.98 Å². The zero-order valence-corrected chi connectivity index (χ0v) is 10.1. The van der Waals surface area contributed by atoms with E-state index in [0.29, 0.717) is 17.6 Å². The molecule has 0 spiro atoms. The maximum atomic E-state index is 11.8. The van der Waals surface area contributed by atoms with Crippen molar-refractivity contribution in [3.63, 3.8) is 0 Å². The zero-order chi connectivity index (χ0) is 12.6. The van der Waals surface area contributed by atoms with Crippen molar-refractivity contribution < 1.29 is 14.6 Å². The normalized spacial score (nSPS) is 10.8. The largest absolute Gasteiger partial charge is 0.508 e. The minimum absolute atomic E-state index is 0.182. The smallest absolute Gasteiger partial charge is 0.340 e. The Bertz CT molecular complexity index is 584. The third kappa shape index (κ3) is 1.86. The molecule has 1 aromatic heterocycles. The summed E-state index contributed by atoms with van der Waals surface area (Å²) in [6.45, 7) is 5.74. The van der Waals surface area contributed by atoms with Crippen LogP contribution in [-0.2, 0) is 4.74 Å². The van der Waals surface area contributed by atoms with E-state index in [-0.39, 0.29) is 11.7 Å². The number of carbonyl (C=O) groups excluding carboxylic acids is 1. The van der Waals surface area contributed by atoms with E-state index in [0.717, 1.165) is 16.8 Å². The first-order valence-electron chi connectivity index (χ1n) is 5.53. The molecule has 0 saturated carbocycles. The number of aromatic nitrogens is 1. The summed E-state index contributed by atoms with van der Waals surface area (Å²) in [5, 5.41) is 10.4. The Morgan fingerprint density at radius 2 is 2.12 bits per heavy atom. The van der Waals surface area contributed by atoms with Gasteiger partial charge in [0.15, 0.2) is 0 Å². The Balaban J connectivity index is 2.66. The molecule has 0 fully saturated rings. The van der Waals surface area contributed by atoms with Gasteiger partial charge in [0.2, 0.25) is 0 Å². The summed E-state index contributed by atoms with van der Waals surface area (Å²) in [7, 11) is 0. The van der Waals surface area contributed by atoms with E-state index in [9.17, 15) is 9.90 Å². The number of hydrogen-bond donors (Lipinski definition) is 2. The molecule has 2 N–H and O–H groups in total. The lowest BCUT2D eigenvalue weighted by Gasteiger charge is -2.02. The van der Waals surface area contributed by atoms with Gasteiger partial charge in [-0.05, 0) is 38.5 Å². The Hall–Kier alpha value is -1.97. The highest BCUT2D eigenvalue weighted by atomic mass is 16.5. The molecule has 0 aliphatic rings. The second-order valence-corrected chi connectivity index (χ2v) is 4.03. The number of benzene rings is 1. The highest BCUT2D eigenvalue weighted by Crippen LogP contribution is 2.29. The topological polar surface area (TPSA) is 62.3 Å². The molecule has 0 saturated heterocycles. The Labute approximate surface area is 99.2 Å². The first-order chi connectivity index (χ1) is 8.04. The third-order valence-corrected chi connectivity index (χ3v) is 2.78. The van der Waals surface area contributed by atoms with Gasteiger partial charge in [0.25, 0.3) is 0 Å². The number of aromatic amines is 1. The molecule has 0 aliphatic carbocycles. The van der Waals surface area contributed by atoms with Gasteiger partial charge in [-0.3, -0.25) is 0 Å². The van der Waals surface area contributed by atoms with Gasteiger partial charge in [-0.15, -0.1) is 0 Å². The van der Waals surface area contributed by atoms with E-state index >= 15 is 0 Å². The highest BCUT2D eigenvalue weighted by molar-refractivity contribution is 6.06. The molecule has 1 aromatic carbocycles. The van der Waals surface area contributed by atoms with Crippen LogP contribution in [0, 0.1) is 13.8 Å². The Kier molecular flexibility index (Phi) is 2.79. The van der Waals surface area contributed by atoms with E-state index in [4.69, 9.17) is 4.74 Å². The molecule has 0 radical (unpaired) electrons. The molecule has 0 aliphatic heterocycles. The molecule has 90 valence electrons. The molecule has 0 amide bonds. The number of aryl methyl sites for hydroxylation is 2. The molecule has 2 aromatic rings. The minimum atomic E-state index is -0.362. The summed E-state index contributed by atoms with van der Waals surface area (Å²) in [6.07, 6.45) is 0. The Morgan fingerprint density at radius 3 is 2.76 bits per heavy atom. The maximum Gasteiger partial charge on any atom is 0.340 e. The van der Waals surface area contributed by atoms with Crippen molar-refractivity contribution in [1.29, 1.82) is 0 Å². The number of phenols is 1. The zero-order valence-electron chi connectivity index (χ0n) is 10.1. The second-order valence-electron chi connectivity index (χ2n) is 4.03. The van der Waals surface area contributed by atoms with Crippen molar-refractivity contribution >= 4 is 16.9 Å². The van der Waals surface area contributed by atoms with E-state index in [1.54, 1.807) is 13.0 Å². The van der Waals surface area contributed by atoms with Crippen molar-refractivity contribution in [3.8, 4) is 5.75 Å². The summed E-state index contributed by atoms with van der Waals surface area (Å²) in [5.41, 5.74) is 2.86. The number of carbonyl (C=O) groups is 1. The average Bonchev–Trinajstić information content (AvgIpc) is 2.55. The molecule has 0 bridgehead atoms. The van der Waals surface area contributed by atoms with Gasteiger partial charge in [0.05, 0.1) is 12.2 Å². The fraction of sp³-hybridized carbons (Fsp3) is 0.308. The van der Waals surface area contributed by atoms with Crippen LogP contribution < -0.4 is 0 Å². The summed E-state index contributed by atoms with van der Waals surface area (Å²) >= 11 is 0. The quantitative estimate of drug-likeness (QED) is 0.784. The number of nitrogens with one attached hydrogen (secondary N) is 1. The SMILES string of the molecule is CCOC(=O)c1c(C)[nH]c2cc(C)c(O)cc12. The van der Waals surface area contributed by atoms with Gasteiger partial charge in [0, 0.05) is 16.6 Å². The molecule has 2 rings (SSSR count). The van der Waals surface area contributed by atoms with Crippen LogP contribution >= 0.6 is 0 Å². The van der Waals surface area contributed by atoms with E-state index < -0.39 is 0 Å². The van der Waals surface area contributed by atoms with Gasteiger partial charge in [0.1, 0.15) is 5.75 Å². The highest BCUT2D eigenvalue weighted by Gasteiger charge is 2.18. The molecule has 4 nitrogen and oxygen atoms in total.